The molecule has 0 radical (unpaired) electrons. The van der Waals surface area contributed by atoms with E-state index in [2.05, 4.69) is 11.7 Å². The van der Waals surface area contributed by atoms with Crippen molar-refractivity contribution >= 4 is 11.9 Å². The smallest absolute Gasteiger partial charge is 0.309 e. The minimum atomic E-state index is -0.350. The molecule has 0 aliphatic heterocycles. The van der Waals surface area contributed by atoms with Crippen LogP contribution in [0.1, 0.15) is 78.1 Å². The summed E-state index contributed by atoms with van der Waals surface area (Å²) >= 11 is 0. The fourth-order valence-electron chi connectivity index (χ4n) is 2.37. The van der Waals surface area contributed by atoms with Crippen LogP contribution in [0.3, 0.4) is 0 Å². The summed E-state index contributed by atoms with van der Waals surface area (Å²) < 4.78 is 9.67. The molecular weight excluding hydrogens is 268 g/mol. The lowest BCUT2D eigenvalue weighted by Crippen LogP contribution is -2.21. The minimum absolute atomic E-state index is 0.131. The predicted octanol–water partition coefficient (Wildman–Crippen LogP) is 4.26. The maximum absolute atomic E-state index is 11.8. The van der Waals surface area contributed by atoms with Crippen LogP contribution in [0.25, 0.3) is 0 Å². The van der Waals surface area contributed by atoms with Gasteiger partial charge in [-0.1, -0.05) is 58.3 Å². The van der Waals surface area contributed by atoms with Gasteiger partial charge in [0.1, 0.15) is 0 Å². The highest BCUT2D eigenvalue weighted by molar-refractivity contribution is 5.79. The first-order valence-electron chi connectivity index (χ1n) is 8.39. The second-order valence-electron chi connectivity index (χ2n) is 5.49. The van der Waals surface area contributed by atoms with Gasteiger partial charge in [0.05, 0.1) is 26.1 Å². The molecule has 0 aromatic rings. The lowest BCUT2D eigenvalue weighted by atomic mass is 9.97. The topological polar surface area (TPSA) is 52.6 Å². The van der Waals surface area contributed by atoms with Gasteiger partial charge in [-0.2, -0.15) is 0 Å². The molecule has 0 bridgehead atoms. The Hall–Kier alpha value is -1.06. The normalized spacial score (nSPS) is 12.0. The summed E-state index contributed by atoms with van der Waals surface area (Å²) in [6.07, 6.45) is 10.6. The summed E-state index contributed by atoms with van der Waals surface area (Å²) in [5, 5.41) is 0. The quantitative estimate of drug-likeness (QED) is 0.377. The van der Waals surface area contributed by atoms with Crippen molar-refractivity contribution in [3.05, 3.63) is 0 Å². The van der Waals surface area contributed by atoms with Crippen molar-refractivity contribution in [2.45, 2.75) is 78.1 Å². The van der Waals surface area contributed by atoms with Crippen LogP contribution in [0.2, 0.25) is 0 Å². The van der Waals surface area contributed by atoms with Gasteiger partial charge in [-0.25, -0.2) is 0 Å². The molecule has 4 nitrogen and oxygen atoms in total. The summed E-state index contributed by atoms with van der Waals surface area (Å²) in [5.74, 6) is -0.962. The summed E-state index contributed by atoms with van der Waals surface area (Å²) in [6, 6.07) is 0. The van der Waals surface area contributed by atoms with E-state index in [0.29, 0.717) is 13.0 Å². The first kappa shape index (κ1) is 19.9. The first-order valence-corrected chi connectivity index (χ1v) is 8.39. The van der Waals surface area contributed by atoms with E-state index in [9.17, 15) is 9.59 Å². The van der Waals surface area contributed by atoms with Crippen molar-refractivity contribution in [1.29, 1.82) is 0 Å². The van der Waals surface area contributed by atoms with Crippen LogP contribution in [0.4, 0.5) is 0 Å². The average Bonchev–Trinajstić information content (AvgIpc) is 2.48. The van der Waals surface area contributed by atoms with E-state index in [-0.39, 0.29) is 24.3 Å². The van der Waals surface area contributed by atoms with Crippen molar-refractivity contribution in [1.82, 2.24) is 0 Å². The molecule has 0 rings (SSSR count). The molecule has 0 heterocycles. The number of carbonyl (C=O) groups is 2. The van der Waals surface area contributed by atoms with Gasteiger partial charge in [-0.05, 0) is 13.3 Å². The second kappa shape index (κ2) is 13.9. The zero-order valence-corrected chi connectivity index (χ0v) is 14.0. The van der Waals surface area contributed by atoms with Crippen LogP contribution in [0.15, 0.2) is 0 Å². The van der Waals surface area contributed by atoms with Gasteiger partial charge in [0.15, 0.2) is 0 Å². The molecule has 0 saturated carbocycles. The van der Waals surface area contributed by atoms with Crippen LogP contribution in [0.5, 0.6) is 0 Å². The third-order valence-corrected chi connectivity index (χ3v) is 3.67. The largest absolute Gasteiger partial charge is 0.469 e. The highest BCUT2D eigenvalue weighted by Gasteiger charge is 2.23. The number of methoxy groups -OCH3 is 1. The van der Waals surface area contributed by atoms with E-state index < -0.39 is 0 Å². The Morgan fingerprint density at radius 2 is 1.48 bits per heavy atom. The summed E-state index contributed by atoms with van der Waals surface area (Å²) in [6.45, 7) is 4.36. The molecule has 0 saturated heterocycles. The highest BCUT2D eigenvalue weighted by Crippen LogP contribution is 2.18. The van der Waals surface area contributed by atoms with Gasteiger partial charge in [0.25, 0.3) is 0 Å². The Bertz CT molecular complexity index is 276. The molecule has 0 aromatic heterocycles. The van der Waals surface area contributed by atoms with Crippen LogP contribution in [-0.2, 0) is 19.1 Å². The van der Waals surface area contributed by atoms with Gasteiger partial charge in [-0.3, -0.25) is 9.59 Å². The fraction of sp³-hybridized carbons (Fsp3) is 0.882. The first-order chi connectivity index (χ1) is 10.2. The molecule has 0 N–H and O–H groups in total. The maximum Gasteiger partial charge on any atom is 0.309 e. The predicted molar refractivity (Wildman–Crippen MR) is 84.0 cm³/mol. The summed E-state index contributed by atoms with van der Waals surface area (Å²) in [5.41, 5.74) is 0. The second-order valence-corrected chi connectivity index (χ2v) is 5.49. The Labute approximate surface area is 129 Å². The van der Waals surface area contributed by atoms with E-state index >= 15 is 0 Å². The highest BCUT2D eigenvalue weighted by atomic mass is 16.5. The van der Waals surface area contributed by atoms with Gasteiger partial charge in [0, 0.05) is 0 Å². The lowest BCUT2D eigenvalue weighted by molar-refractivity contribution is -0.154. The van der Waals surface area contributed by atoms with E-state index in [1.165, 1.54) is 45.6 Å². The molecule has 1 atom stereocenters. The van der Waals surface area contributed by atoms with Crippen molar-refractivity contribution in [3.8, 4) is 0 Å². The molecule has 4 heteroatoms. The standard InChI is InChI=1S/C17H32O4/c1-4-6-7-8-9-10-11-12-13-15(14-16(18)20-3)17(19)21-5-2/h15H,4-14H2,1-3H3. The molecule has 124 valence electrons. The van der Waals surface area contributed by atoms with E-state index in [4.69, 9.17) is 4.74 Å². The number of hydrogen-bond acceptors (Lipinski definition) is 4. The summed E-state index contributed by atoms with van der Waals surface area (Å²) in [4.78, 5) is 23.1. The minimum Gasteiger partial charge on any atom is -0.469 e. The van der Waals surface area contributed by atoms with Crippen molar-refractivity contribution in [3.63, 3.8) is 0 Å². The third-order valence-electron chi connectivity index (χ3n) is 3.67. The number of hydrogen-bond donors (Lipinski definition) is 0. The zero-order valence-electron chi connectivity index (χ0n) is 14.0. The molecular formula is C17H32O4. The Morgan fingerprint density at radius 3 is 2.00 bits per heavy atom. The van der Waals surface area contributed by atoms with Gasteiger partial charge in [-0.15, -0.1) is 0 Å². The maximum atomic E-state index is 11.8. The average molecular weight is 300 g/mol. The van der Waals surface area contributed by atoms with Crippen LogP contribution in [-0.4, -0.2) is 25.7 Å². The molecule has 21 heavy (non-hydrogen) atoms. The monoisotopic (exact) mass is 300 g/mol. The Balaban J connectivity index is 3.85. The number of carbonyl (C=O) groups excluding carboxylic acids is 2. The molecule has 1 unspecified atom stereocenters. The Morgan fingerprint density at radius 1 is 0.905 bits per heavy atom. The zero-order chi connectivity index (χ0) is 15.9. The Kier molecular flexibility index (Phi) is 13.2. The molecule has 0 aromatic carbocycles. The molecule has 0 spiro atoms. The summed E-state index contributed by atoms with van der Waals surface area (Å²) in [7, 11) is 1.35. The van der Waals surface area contributed by atoms with Crippen molar-refractivity contribution in [2.75, 3.05) is 13.7 Å². The lowest BCUT2D eigenvalue weighted by Gasteiger charge is -2.14. The van der Waals surface area contributed by atoms with E-state index in [0.717, 1.165) is 12.8 Å². The number of unbranched alkanes of at least 4 members (excludes halogenated alkanes) is 7. The molecule has 0 aliphatic carbocycles. The van der Waals surface area contributed by atoms with Crippen molar-refractivity contribution in [2.24, 2.45) is 5.92 Å². The van der Waals surface area contributed by atoms with Gasteiger partial charge >= 0.3 is 11.9 Å². The van der Waals surface area contributed by atoms with E-state index in [1.54, 1.807) is 6.92 Å². The fourth-order valence-corrected chi connectivity index (χ4v) is 2.37. The number of rotatable bonds is 13. The van der Waals surface area contributed by atoms with Gasteiger partial charge in [0.2, 0.25) is 0 Å². The SMILES string of the molecule is CCCCCCCCCCC(CC(=O)OC)C(=O)OCC. The van der Waals surface area contributed by atoms with Crippen molar-refractivity contribution < 1.29 is 19.1 Å². The molecule has 0 fully saturated rings. The van der Waals surface area contributed by atoms with Crippen LogP contribution in [0, 0.1) is 5.92 Å². The number of esters is 2. The van der Waals surface area contributed by atoms with E-state index in [1.807, 2.05) is 0 Å². The van der Waals surface area contributed by atoms with Crippen LogP contribution >= 0.6 is 0 Å². The molecule has 0 amide bonds. The third kappa shape index (κ3) is 11.3. The van der Waals surface area contributed by atoms with Gasteiger partial charge < -0.3 is 9.47 Å². The molecule has 0 aliphatic rings. The number of ether oxygens (including phenoxy) is 2. The van der Waals surface area contributed by atoms with Crippen LogP contribution < -0.4 is 0 Å².